The normalized spacial score (nSPS) is 19.8. The van der Waals surface area contributed by atoms with Gasteiger partial charge in [0.15, 0.2) is 0 Å². The minimum Gasteiger partial charge on any atom is -0.380 e. The Balaban J connectivity index is 2.12. The highest BCUT2D eigenvalue weighted by Gasteiger charge is 2.15. The third-order valence-corrected chi connectivity index (χ3v) is 2.99. The molecular weight excluding hydrogens is 200 g/mol. The molecule has 3 heteroatoms. The van der Waals surface area contributed by atoms with E-state index in [1.54, 1.807) is 0 Å². The lowest BCUT2D eigenvalue weighted by molar-refractivity contribution is 0.195. The molecule has 0 aliphatic carbocycles. The molecule has 1 fully saturated rings. The van der Waals surface area contributed by atoms with Crippen LogP contribution in [0.15, 0.2) is 18.2 Å². The van der Waals surface area contributed by atoms with Gasteiger partial charge in [0.1, 0.15) is 0 Å². The van der Waals surface area contributed by atoms with Crippen molar-refractivity contribution in [3.63, 3.8) is 0 Å². The first-order chi connectivity index (χ1) is 7.66. The minimum atomic E-state index is 0.470. The van der Waals surface area contributed by atoms with E-state index < -0.39 is 0 Å². The number of rotatable bonds is 3. The zero-order valence-corrected chi connectivity index (χ0v) is 10.3. The van der Waals surface area contributed by atoms with Crippen LogP contribution in [0.4, 0.5) is 11.4 Å². The van der Waals surface area contributed by atoms with Crippen molar-refractivity contribution in [3.05, 3.63) is 23.8 Å². The molecule has 1 N–H and O–H groups in total. The highest BCUT2D eigenvalue weighted by molar-refractivity contribution is 5.62. The molecular formula is C13H20N2O. The maximum absolute atomic E-state index is 5.36. The fourth-order valence-corrected chi connectivity index (χ4v) is 2.07. The SMILES string of the molecule is Cc1ccc(NC2CCOC2)cc1N(C)C. The fourth-order valence-electron chi connectivity index (χ4n) is 2.07. The van der Waals surface area contributed by atoms with E-state index in [1.165, 1.54) is 16.9 Å². The maximum atomic E-state index is 5.36. The van der Waals surface area contributed by atoms with Crippen molar-refractivity contribution in [1.82, 2.24) is 0 Å². The average molecular weight is 220 g/mol. The summed E-state index contributed by atoms with van der Waals surface area (Å²) in [7, 11) is 4.15. The van der Waals surface area contributed by atoms with E-state index in [0.717, 1.165) is 19.6 Å². The molecule has 0 saturated carbocycles. The van der Waals surface area contributed by atoms with Gasteiger partial charge in [-0.05, 0) is 31.0 Å². The number of nitrogens with one attached hydrogen (secondary N) is 1. The molecule has 1 atom stereocenters. The Morgan fingerprint density at radius 1 is 1.38 bits per heavy atom. The number of nitrogens with zero attached hydrogens (tertiary/aromatic N) is 1. The lowest BCUT2D eigenvalue weighted by atomic mass is 10.1. The van der Waals surface area contributed by atoms with Crippen molar-refractivity contribution in [1.29, 1.82) is 0 Å². The number of anilines is 2. The largest absolute Gasteiger partial charge is 0.380 e. The maximum Gasteiger partial charge on any atom is 0.0668 e. The Hall–Kier alpha value is -1.22. The number of ether oxygens (including phenoxy) is 1. The summed E-state index contributed by atoms with van der Waals surface area (Å²) in [4.78, 5) is 2.14. The number of benzene rings is 1. The van der Waals surface area contributed by atoms with Gasteiger partial charge in [-0.1, -0.05) is 6.07 Å². The van der Waals surface area contributed by atoms with E-state index in [1.807, 2.05) is 0 Å². The van der Waals surface area contributed by atoms with Crippen molar-refractivity contribution >= 4 is 11.4 Å². The van der Waals surface area contributed by atoms with Gasteiger partial charge in [0.2, 0.25) is 0 Å². The molecule has 0 aromatic heterocycles. The molecule has 1 aliphatic heterocycles. The van der Waals surface area contributed by atoms with Crippen LogP contribution in [0.3, 0.4) is 0 Å². The topological polar surface area (TPSA) is 24.5 Å². The van der Waals surface area contributed by atoms with Gasteiger partial charge in [0.25, 0.3) is 0 Å². The van der Waals surface area contributed by atoms with Crippen molar-refractivity contribution in [2.75, 3.05) is 37.5 Å². The third kappa shape index (κ3) is 2.47. The summed E-state index contributed by atoms with van der Waals surface area (Å²) < 4.78 is 5.36. The van der Waals surface area contributed by atoms with Gasteiger partial charge in [0, 0.05) is 32.1 Å². The first kappa shape index (κ1) is 11.3. The average Bonchev–Trinajstić information content (AvgIpc) is 2.73. The fraction of sp³-hybridized carbons (Fsp3) is 0.538. The molecule has 1 heterocycles. The van der Waals surface area contributed by atoms with Crippen molar-refractivity contribution in [3.8, 4) is 0 Å². The molecule has 2 rings (SSSR count). The summed E-state index contributed by atoms with van der Waals surface area (Å²) >= 11 is 0. The van der Waals surface area contributed by atoms with Gasteiger partial charge >= 0.3 is 0 Å². The van der Waals surface area contributed by atoms with Crippen LogP contribution in [0.25, 0.3) is 0 Å². The first-order valence-electron chi connectivity index (χ1n) is 5.79. The van der Waals surface area contributed by atoms with Crippen LogP contribution in [0.1, 0.15) is 12.0 Å². The van der Waals surface area contributed by atoms with Crippen molar-refractivity contribution in [2.24, 2.45) is 0 Å². The summed E-state index contributed by atoms with van der Waals surface area (Å²) in [6.45, 7) is 3.84. The summed E-state index contributed by atoms with van der Waals surface area (Å²) in [6.07, 6.45) is 1.10. The van der Waals surface area contributed by atoms with Gasteiger partial charge in [-0.2, -0.15) is 0 Å². The Bertz CT molecular complexity index is 357. The Kier molecular flexibility index (Phi) is 3.34. The Morgan fingerprint density at radius 2 is 2.19 bits per heavy atom. The van der Waals surface area contributed by atoms with Crippen LogP contribution in [0.2, 0.25) is 0 Å². The predicted molar refractivity (Wildman–Crippen MR) is 68.4 cm³/mol. The van der Waals surface area contributed by atoms with Crippen LogP contribution in [-0.2, 0) is 4.74 Å². The van der Waals surface area contributed by atoms with E-state index in [2.05, 4.69) is 49.4 Å². The van der Waals surface area contributed by atoms with Gasteiger partial charge in [-0.3, -0.25) is 0 Å². The van der Waals surface area contributed by atoms with Crippen LogP contribution < -0.4 is 10.2 Å². The van der Waals surface area contributed by atoms with Crippen LogP contribution >= 0.6 is 0 Å². The lowest BCUT2D eigenvalue weighted by Gasteiger charge is -2.19. The quantitative estimate of drug-likeness (QED) is 0.845. The summed E-state index contributed by atoms with van der Waals surface area (Å²) in [6, 6.07) is 6.97. The van der Waals surface area contributed by atoms with Crippen molar-refractivity contribution < 1.29 is 4.74 Å². The van der Waals surface area contributed by atoms with Gasteiger partial charge in [0.05, 0.1) is 12.6 Å². The molecule has 3 nitrogen and oxygen atoms in total. The number of hydrogen-bond acceptors (Lipinski definition) is 3. The second-order valence-corrected chi connectivity index (χ2v) is 4.60. The van der Waals surface area contributed by atoms with E-state index in [0.29, 0.717) is 6.04 Å². The van der Waals surface area contributed by atoms with Crippen LogP contribution in [0.5, 0.6) is 0 Å². The zero-order valence-electron chi connectivity index (χ0n) is 10.3. The molecule has 0 radical (unpaired) electrons. The monoisotopic (exact) mass is 220 g/mol. The highest BCUT2D eigenvalue weighted by Crippen LogP contribution is 2.23. The van der Waals surface area contributed by atoms with E-state index in [9.17, 15) is 0 Å². The summed E-state index contributed by atoms with van der Waals surface area (Å²) in [5, 5.41) is 3.51. The smallest absolute Gasteiger partial charge is 0.0668 e. The van der Waals surface area contributed by atoms with Gasteiger partial charge < -0.3 is 15.0 Å². The third-order valence-electron chi connectivity index (χ3n) is 2.99. The van der Waals surface area contributed by atoms with Gasteiger partial charge in [-0.15, -0.1) is 0 Å². The molecule has 0 amide bonds. The second kappa shape index (κ2) is 4.74. The van der Waals surface area contributed by atoms with E-state index in [-0.39, 0.29) is 0 Å². The lowest BCUT2D eigenvalue weighted by Crippen LogP contribution is -2.19. The molecule has 1 aromatic rings. The first-order valence-corrected chi connectivity index (χ1v) is 5.79. The van der Waals surface area contributed by atoms with Gasteiger partial charge in [-0.25, -0.2) is 0 Å². The van der Waals surface area contributed by atoms with E-state index >= 15 is 0 Å². The Morgan fingerprint density at radius 3 is 2.81 bits per heavy atom. The number of hydrogen-bond donors (Lipinski definition) is 1. The summed E-state index contributed by atoms with van der Waals surface area (Å²) in [5.74, 6) is 0. The summed E-state index contributed by atoms with van der Waals surface area (Å²) in [5.41, 5.74) is 3.76. The van der Waals surface area contributed by atoms with Crippen LogP contribution in [0, 0.1) is 6.92 Å². The standard InChI is InChI=1S/C13H20N2O/c1-10-4-5-11(8-13(10)15(2)3)14-12-6-7-16-9-12/h4-5,8,12,14H,6-7,9H2,1-3H3. The van der Waals surface area contributed by atoms with Crippen LogP contribution in [-0.4, -0.2) is 33.4 Å². The zero-order chi connectivity index (χ0) is 11.5. The Labute approximate surface area is 97.4 Å². The molecule has 1 unspecified atom stereocenters. The molecule has 0 bridgehead atoms. The molecule has 1 aromatic carbocycles. The van der Waals surface area contributed by atoms with Crippen molar-refractivity contribution in [2.45, 2.75) is 19.4 Å². The molecule has 0 spiro atoms. The second-order valence-electron chi connectivity index (χ2n) is 4.60. The minimum absolute atomic E-state index is 0.470. The predicted octanol–water partition coefficient (Wildman–Crippen LogP) is 2.26. The van der Waals surface area contributed by atoms with E-state index in [4.69, 9.17) is 4.74 Å². The molecule has 16 heavy (non-hydrogen) atoms. The molecule has 1 saturated heterocycles. The molecule has 88 valence electrons. The highest BCUT2D eigenvalue weighted by atomic mass is 16.5. The number of aryl methyl sites for hydroxylation is 1. The molecule has 1 aliphatic rings.